The Hall–Kier alpha value is -0.830. The van der Waals surface area contributed by atoms with E-state index in [-0.39, 0.29) is 11.9 Å². The molecule has 1 atom stereocenters. The molecule has 1 aromatic carbocycles. The molecule has 80 valence electrons. The minimum absolute atomic E-state index is 0.0585. The Bertz CT molecular complexity index is 401. The van der Waals surface area contributed by atoms with Crippen molar-refractivity contribution >= 4 is 21.8 Å². The first kappa shape index (κ1) is 10.7. The molecule has 2 rings (SSSR count). The Labute approximate surface area is 98.2 Å². The number of carbonyl (C=O) groups excluding carboxylic acids is 1. The third kappa shape index (κ3) is 2.07. The van der Waals surface area contributed by atoms with Gasteiger partial charge in [0.05, 0.1) is 6.04 Å². The molecule has 0 aliphatic carbocycles. The van der Waals surface area contributed by atoms with E-state index in [9.17, 15) is 4.79 Å². The fourth-order valence-electron chi connectivity index (χ4n) is 2.00. The van der Waals surface area contributed by atoms with Gasteiger partial charge in [0.2, 0.25) is 0 Å². The van der Waals surface area contributed by atoms with Gasteiger partial charge < -0.3 is 5.32 Å². The zero-order valence-electron chi connectivity index (χ0n) is 8.88. The summed E-state index contributed by atoms with van der Waals surface area (Å²) in [7, 11) is 0. The highest BCUT2D eigenvalue weighted by Gasteiger charge is 2.28. The quantitative estimate of drug-likeness (QED) is 0.876. The topological polar surface area (TPSA) is 29.1 Å². The average Bonchev–Trinajstić information content (AvgIpc) is 2.42. The highest BCUT2D eigenvalue weighted by Crippen LogP contribution is 2.32. The van der Waals surface area contributed by atoms with Gasteiger partial charge in [0.15, 0.2) is 0 Å². The summed E-state index contributed by atoms with van der Waals surface area (Å²) in [6, 6.07) is 6.02. The van der Waals surface area contributed by atoms with Gasteiger partial charge >= 0.3 is 0 Å². The average molecular weight is 268 g/mol. The van der Waals surface area contributed by atoms with Crippen LogP contribution in [0.1, 0.15) is 42.2 Å². The van der Waals surface area contributed by atoms with Crippen molar-refractivity contribution in [2.45, 2.75) is 26.3 Å². The van der Waals surface area contributed by atoms with Crippen LogP contribution in [0.15, 0.2) is 22.7 Å². The van der Waals surface area contributed by atoms with E-state index < -0.39 is 0 Å². The van der Waals surface area contributed by atoms with Crippen LogP contribution in [0.25, 0.3) is 0 Å². The fraction of sp³-hybridized carbons (Fsp3) is 0.417. The maximum absolute atomic E-state index is 11.6. The standard InChI is InChI=1S/C12H14BrNO/c1-7(2)5-11-10-6-8(13)3-4-9(10)12(15)14-11/h3-4,6-7,11H,5H2,1-2H3,(H,14,15). The van der Waals surface area contributed by atoms with Crippen molar-refractivity contribution in [3.63, 3.8) is 0 Å². The fourth-order valence-corrected chi connectivity index (χ4v) is 2.38. The summed E-state index contributed by atoms with van der Waals surface area (Å²) < 4.78 is 1.03. The van der Waals surface area contributed by atoms with Crippen molar-refractivity contribution in [2.75, 3.05) is 0 Å². The number of benzene rings is 1. The third-order valence-electron chi connectivity index (χ3n) is 2.65. The maximum atomic E-state index is 11.6. The summed E-state index contributed by atoms with van der Waals surface area (Å²) in [6.07, 6.45) is 0.995. The van der Waals surface area contributed by atoms with Crippen molar-refractivity contribution < 1.29 is 4.79 Å². The van der Waals surface area contributed by atoms with E-state index in [2.05, 4.69) is 35.1 Å². The van der Waals surface area contributed by atoms with Crippen molar-refractivity contribution in [3.05, 3.63) is 33.8 Å². The summed E-state index contributed by atoms with van der Waals surface area (Å²) in [5.41, 5.74) is 1.95. The molecule has 1 aromatic rings. The molecule has 1 amide bonds. The monoisotopic (exact) mass is 267 g/mol. The predicted octanol–water partition coefficient (Wildman–Crippen LogP) is 3.28. The molecule has 0 radical (unpaired) electrons. The highest BCUT2D eigenvalue weighted by molar-refractivity contribution is 9.10. The van der Waals surface area contributed by atoms with Gasteiger partial charge in [-0.25, -0.2) is 0 Å². The molecule has 1 aliphatic heterocycles. The van der Waals surface area contributed by atoms with Gasteiger partial charge in [-0.3, -0.25) is 4.79 Å². The van der Waals surface area contributed by atoms with Crippen molar-refractivity contribution in [1.29, 1.82) is 0 Å². The number of hydrogen-bond acceptors (Lipinski definition) is 1. The maximum Gasteiger partial charge on any atom is 0.252 e. The van der Waals surface area contributed by atoms with E-state index in [0.717, 1.165) is 22.0 Å². The van der Waals surface area contributed by atoms with Gasteiger partial charge in [-0.2, -0.15) is 0 Å². The largest absolute Gasteiger partial charge is 0.345 e. The molecule has 1 unspecified atom stereocenters. The molecule has 1 aliphatic rings. The van der Waals surface area contributed by atoms with Gasteiger partial charge in [-0.1, -0.05) is 29.8 Å². The lowest BCUT2D eigenvalue weighted by Crippen LogP contribution is -2.20. The summed E-state index contributed by atoms with van der Waals surface area (Å²) >= 11 is 3.44. The Morgan fingerprint density at radius 1 is 1.47 bits per heavy atom. The van der Waals surface area contributed by atoms with Crippen LogP contribution in [-0.2, 0) is 0 Å². The lowest BCUT2D eigenvalue weighted by molar-refractivity contribution is 0.0953. The van der Waals surface area contributed by atoms with Crippen LogP contribution in [0.3, 0.4) is 0 Å². The Kier molecular flexibility index (Phi) is 2.83. The van der Waals surface area contributed by atoms with Gasteiger partial charge in [0.25, 0.3) is 5.91 Å². The molecule has 0 saturated heterocycles. The molecule has 1 heterocycles. The van der Waals surface area contributed by atoms with E-state index >= 15 is 0 Å². The van der Waals surface area contributed by atoms with Gasteiger partial charge in [0, 0.05) is 10.0 Å². The van der Waals surface area contributed by atoms with Gasteiger partial charge in [-0.15, -0.1) is 0 Å². The Balaban J connectivity index is 2.35. The van der Waals surface area contributed by atoms with Gasteiger partial charge in [-0.05, 0) is 36.1 Å². The van der Waals surface area contributed by atoms with Crippen LogP contribution >= 0.6 is 15.9 Å². The zero-order chi connectivity index (χ0) is 11.0. The SMILES string of the molecule is CC(C)CC1NC(=O)c2ccc(Br)cc21. The summed E-state index contributed by atoms with van der Waals surface area (Å²) in [5.74, 6) is 0.642. The van der Waals surface area contributed by atoms with E-state index in [1.807, 2.05) is 18.2 Å². The van der Waals surface area contributed by atoms with Crippen molar-refractivity contribution in [2.24, 2.45) is 5.92 Å². The number of hydrogen-bond donors (Lipinski definition) is 1. The molecule has 2 nitrogen and oxygen atoms in total. The second-order valence-corrected chi connectivity index (χ2v) is 5.30. The van der Waals surface area contributed by atoms with E-state index in [0.29, 0.717) is 5.92 Å². The molecular weight excluding hydrogens is 254 g/mol. The first-order valence-corrected chi connectivity index (χ1v) is 5.97. The number of amides is 1. The minimum Gasteiger partial charge on any atom is -0.345 e. The summed E-state index contributed by atoms with van der Waals surface area (Å²) in [5, 5.41) is 3.02. The summed E-state index contributed by atoms with van der Waals surface area (Å²) in [4.78, 5) is 11.6. The summed E-state index contributed by atoms with van der Waals surface area (Å²) in [6.45, 7) is 4.34. The number of rotatable bonds is 2. The molecular formula is C12H14BrNO. The van der Waals surface area contributed by atoms with Crippen LogP contribution in [0.4, 0.5) is 0 Å². The minimum atomic E-state index is 0.0585. The van der Waals surface area contributed by atoms with Crippen LogP contribution in [0.5, 0.6) is 0 Å². The first-order chi connectivity index (χ1) is 7.08. The van der Waals surface area contributed by atoms with Crippen LogP contribution in [-0.4, -0.2) is 5.91 Å². The molecule has 3 heteroatoms. The predicted molar refractivity (Wildman–Crippen MR) is 63.8 cm³/mol. The van der Waals surface area contributed by atoms with Crippen molar-refractivity contribution in [3.8, 4) is 0 Å². The molecule has 0 spiro atoms. The number of nitrogens with one attached hydrogen (secondary N) is 1. The van der Waals surface area contributed by atoms with Crippen LogP contribution in [0, 0.1) is 5.92 Å². The molecule has 0 fully saturated rings. The zero-order valence-corrected chi connectivity index (χ0v) is 10.5. The third-order valence-corrected chi connectivity index (χ3v) is 3.14. The van der Waals surface area contributed by atoms with E-state index in [1.165, 1.54) is 0 Å². The smallest absolute Gasteiger partial charge is 0.252 e. The number of halogens is 1. The normalized spacial score (nSPS) is 19.2. The molecule has 0 bridgehead atoms. The highest BCUT2D eigenvalue weighted by atomic mass is 79.9. The van der Waals surface area contributed by atoms with E-state index in [1.54, 1.807) is 0 Å². The molecule has 0 saturated carbocycles. The molecule has 0 aromatic heterocycles. The number of fused-ring (bicyclic) bond motifs is 1. The molecule has 1 N–H and O–H groups in total. The van der Waals surface area contributed by atoms with Crippen LogP contribution < -0.4 is 5.32 Å². The lowest BCUT2D eigenvalue weighted by atomic mass is 9.97. The second kappa shape index (κ2) is 3.97. The van der Waals surface area contributed by atoms with Crippen LogP contribution in [0.2, 0.25) is 0 Å². The second-order valence-electron chi connectivity index (χ2n) is 4.39. The van der Waals surface area contributed by atoms with E-state index in [4.69, 9.17) is 0 Å². The first-order valence-electron chi connectivity index (χ1n) is 5.18. The number of carbonyl (C=O) groups is 1. The Morgan fingerprint density at radius 2 is 2.20 bits per heavy atom. The molecule has 15 heavy (non-hydrogen) atoms. The van der Waals surface area contributed by atoms with Crippen molar-refractivity contribution in [1.82, 2.24) is 5.32 Å². The van der Waals surface area contributed by atoms with Gasteiger partial charge in [0.1, 0.15) is 0 Å². The Morgan fingerprint density at radius 3 is 2.87 bits per heavy atom. The lowest BCUT2D eigenvalue weighted by Gasteiger charge is -2.14.